The summed E-state index contributed by atoms with van der Waals surface area (Å²) in [6.07, 6.45) is 3.97. The Morgan fingerprint density at radius 2 is 1.97 bits per heavy atom. The quantitative estimate of drug-likeness (QED) is 0.625. The summed E-state index contributed by atoms with van der Waals surface area (Å²) in [6, 6.07) is 13.5. The van der Waals surface area contributed by atoms with Crippen LogP contribution in [0.1, 0.15) is 30.0 Å². The second-order valence-electron chi connectivity index (χ2n) is 7.00. The Bertz CT molecular complexity index is 1190. The summed E-state index contributed by atoms with van der Waals surface area (Å²) in [7, 11) is -4.03. The number of hydrogen-bond acceptors (Lipinski definition) is 4. The Hall–Kier alpha value is -2.68. The first-order valence-electron chi connectivity index (χ1n) is 9.07. The number of hydrogen-bond donors (Lipinski definition) is 2. The highest BCUT2D eigenvalue weighted by Crippen LogP contribution is 2.39. The van der Waals surface area contributed by atoms with Gasteiger partial charge in [0.2, 0.25) is 15.9 Å². The first-order chi connectivity index (χ1) is 13.8. The third-order valence-corrected chi connectivity index (χ3v) is 6.02. The largest absolute Gasteiger partial charge is 0.326 e. The van der Waals surface area contributed by atoms with Crippen LogP contribution in [0.25, 0.3) is 5.69 Å². The molecular weight excluding hydrogens is 412 g/mol. The summed E-state index contributed by atoms with van der Waals surface area (Å²) in [4.78, 5) is 12.3. The Balaban J connectivity index is 1.60. The molecule has 1 aliphatic carbocycles. The summed E-state index contributed by atoms with van der Waals surface area (Å²) >= 11 is 6.09. The lowest BCUT2D eigenvalue weighted by atomic mass is 10.1. The van der Waals surface area contributed by atoms with Gasteiger partial charge in [-0.3, -0.25) is 4.79 Å². The summed E-state index contributed by atoms with van der Waals surface area (Å²) in [5.41, 5.74) is 2.27. The Morgan fingerprint density at radius 1 is 1.21 bits per heavy atom. The summed E-state index contributed by atoms with van der Waals surface area (Å²) < 4.78 is 25.8. The summed E-state index contributed by atoms with van der Waals surface area (Å²) in [5.74, 6) is 0.124. The zero-order valence-electron chi connectivity index (χ0n) is 15.4. The number of sulfonamides is 1. The SMILES string of the molecule is NS(=O)(=O)c1cc(NC(=O)Cc2ccccc2Cl)ccc1-n1ccc(C2CC2)n1. The van der Waals surface area contributed by atoms with Crippen molar-refractivity contribution in [3.05, 3.63) is 71.0 Å². The predicted molar refractivity (Wildman–Crippen MR) is 111 cm³/mol. The van der Waals surface area contributed by atoms with Gasteiger partial charge in [0.05, 0.1) is 17.8 Å². The molecule has 3 aromatic rings. The fraction of sp³-hybridized carbons (Fsp3) is 0.200. The van der Waals surface area contributed by atoms with Crippen molar-refractivity contribution in [2.45, 2.75) is 30.1 Å². The molecular formula is C20H19ClN4O3S. The Labute approximate surface area is 173 Å². The van der Waals surface area contributed by atoms with Crippen LogP contribution < -0.4 is 10.5 Å². The third-order valence-electron chi connectivity index (χ3n) is 4.71. The zero-order valence-corrected chi connectivity index (χ0v) is 16.9. The molecule has 1 heterocycles. The van der Waals surface area contributed by atoms with Crippen LogP contribution in [0.2, 0.25) is 5.02 Å². The van der Waals surface area contributed by atoms with E-state index in [1.165, 1.54) is 10.7 Å². The van der Waals surface area contributed by atoms with Crippen molar-refractivity contribution in [1.29, 1.82) is 0 Å². The van der Waals surface area contributed by atoms with Crippen LogP contribution in [-0.4, -0.2) is 24.1 Å². The summed E-state index contributed by atoms with van der Waals surface area (Å²) in [6.45, 7) is 0. The minimum absolute atomic E-state index is 0.0655. The van der Waals surface area contributed by atoms with Gasteiger partial charge in [-0.2, -0.15) is 5.10 Å². The molecule has 1 aromatic heterocycles. The molecule has 0 unspecified atom stereocenters. The van der Waals surface area contributed by atoms with Crippen LogP contribution in [0.5, 0.6) is 0 Å². The van der Waals surface area contributed by atoms with Gasteiger partial charge in [0.1, 0.15) is 4.90 Å². The number of nitrogens with two attached hydrogens (primary N) is 1. The van der Waals surface area contributed by atoms with Gasteiger partial charge in [-0.25, -0.2) is 18.2 Å². The van der Waals surface area contributed by atoms with Crippen molar-refractivity contribution < 1.29 is 13.2 Å². The van der Waals surface area contributed by atoms with E-state index in [0.29, 0.717) is 27.9 Å². The van der Waals surface area contributed by atoms with Gasteiger partial charge < -0.3 is 5.32 Å². The van der Waals surface area contributed by atoms with E-state index in [1.807, 2.05) is 6.07 Å². The van der Waals surface area contributed by atoms with Crippen molar-refractivity contribution in [1.82, 2.24) is 9.78 Å². The number of halogens is 1. The molecule has 29 heavy (non-hydrogen) atoms. The average molecular weight is 431 g/mol. The molecule has 4 rings (SSSR count). The van der Waals surface area contributed by atoms with E-state index < -0.39 is 10.0 Å². The fourth-order valence-electron chi connectivity index (χ4n) is 3.10. The van der Waals surface area contributed by atoms with E-state index in [9.17, 15) is 13.2 Å². The van der Waals surface area contributed by atoms with Crippen molar-refractivity contribution in [3.63, 3.8) is 0 Å². The lowest BCUT2D eigenvalue weighted by Gasteiger charge is -2.12. The van der Waals surface area contributed by atoms with E-state index in [2.05, 4.69) is 10.4 Å². The monoisotopic (exact) mass is 430 g/mol. The number of rotatable bonds is 6. The molecule has 0 bridgehead atoms. The lowest BCUT2D eigenvalue weighted by Crippen LogP contribution is -2.18. The van der Waals surface area contributed by atoms with E-state index in [0.717, 1.165) is 18.5 Å². The molecule has 1 saturated carbocycles. The van der Waals surface area contributed by atoms with Gasteiger partial charge in [-0.1, -0.05) is 29.8 Å². The number of amides is 1. The minimum atomic E-state index is -4.03. The number of nitrogens with one attached hydrogen (secondary N) is 1. The van der Waals surface area contributed by atoms with Crippen LogP contribution in [0, 0.1) is 0 Å². The van der Waals surface area contributed by atoms with Gasteiger partial charge in [-0.15, -0.1) is 0 Å². The normalized spacial score (nSPS) is 14.0. The van der Waals surface area contributed by atoms with Crippen LogP contribution in [0.15, 0.2) is 59.6 Å². The number of benzene rings is 2. The van der Waals surface area contributed by atoms with Gasteiger partial charge in [0.25, 0.3) is 0 Å². The van der Waals surface area contributed by atoms with E-state index in [1.54, 1.807) is 42.6 Å². The predicted octanol–water partition coefficient (Wildman–Crippen LogP) is 3.23. The van der Waals surface area contributed by atoms with Crippen LogP contribution in [-0.2, 0) is 21.2 Å². The molecule has 7 nitrogen and oxygen atoms in total. The molecule has 0 spiro atoms. The lowest BCUT2D eigenvalue weighted by molar-refractivity contribution is -0.115. The molecule has 0 atom stereocenters. The maximum Gasteiger partial charge on any atom is 0.240 e. The number of carbonyl (C=O) groups excluding carboxylic acids is 1. The van der Waals surface area contributed by atoms with Crippen molar-refractivity contribution in [3.8, 4) is 5.69 Å². The topological polar surface area (TPSA) is 107 Å². The molecule has 1 amide bonds. The van der Waals surface area contributed by atoms with Gasteiger partial charge >= 0.3 is 0 Å². The number of aromatic nitrogens is 2. The van der Waals surface area contributed by atoms with Gasteiger partial charge in [0, 0.05) is 22.8 Å². The second-order valence-corrected chi connectivity index (χ2v) is 8.94. The molecule has 1 aliphatic rings. The van der Waals surface area contributed by atoms with Crippen LogP contribution in [0.4, 0.5) is 5.69 Å². The van der Waals surface area contributed by atoms with Gasteiger partial charge in [-0.05, 0) is 48.7 Å². The number of anilines is 1. The molecule has 150 valence electrons. The van der Waals surface area contributed by atoms with E-state index in [-0.39, 0.29) is 17.2 Å². The number of primary sulfonamides is 1. The molecule has 9 heteroatoms. The molecule has 1 fully saturated rings. The smallest absolute Gasteiger partial charge is 0.240 e. The van der Waals surface area contributed by atoms with Crippen molar-refractivity contribution in [2.24, 2.45) is 5.14 Å². The van der Waals surface area contributed by atoms with Crippen molar-refractivity contribution in [2.75, 3.05) is 5.32 Å². The third kappa shape index (κ3) is 4.50. The number of nitrogens with zero attached hydrogens (tertiary/aromatic N) is 2. The summed E-state index contributed by atoms with van der Waals surface area (Å²) in [5, 5.41) is 13.1. The highest BCUT2D eigenvalue weighted by atomic mass is 35.5. The molecule has 3 N–H and O–H groups in total. The molecule has 2 aromatic carbocycles. The first-order valence-corrected chi connectivity index (χ1v) is 11.0. The highest BCUT2D eigenvalue weighted by molar-refractivity contribution is 7.89. The molecule has 0 radical (unpaired) electrons. The standard InChI is InChI=1S/C20H19ClN4O3S/c21-16-4-2-1-3-14(16)11-20(26)23-15-7-8-18(19(12-15)29(22,27)28)25-10-9-17(24-25)13-5-6-13/h1-4,7-10,12-13H,5-6,11H2,(H,23,26)(H2,22,27,28). The second kappa shape index (κ2) is 7.62. The van der Waals surface area contributed by atoms with E-state index in [4.69, 9.17) is 16.7 Å². The van der Waals surface area contributed by atoms with Gasteiger partial charge in [0.15, 0.2) is 0 Å². The molecule has 0 aliphatic heterocycles. The minimum Gasteiger partial charge on any atom is -0.326 e. The van der Waals surface area contributed by atoms with Crippen LogP contribution >= 0.6 is 11.6 Å². The number of carbonyl (C=O) groups is 1. The van der Waals surface area contributed by atoms with Crippen LogP contribution in [0.3, 0.4) is 0 Å². The first kappa shape index (κ1) is 19.6. The Morgan fingerprint density at radius 3 is 2.66 bits per heavy atom. The Kier molecular flexibility index (Phi) is 5.16. The maximum absolute atomic E-state index is 12.4. The highest BCUT2D eigenvalue weighted by Gasteiger charge is 2.26. The average Bonchev–Trinajstić information content (AvgIpc) is 3.40. The van der Waals surface area contributed by atoms with E-state index >= 15 is 0 Å². The maximum atomic E-state index is 12.4. The van der Waals surface area contributed by atoms with Crippen molar-refractivity contribution >= 4 is 33.2 Å². The molecule has 0 saturated heterocycles. The fourth-order valence-corrected chi connectivity index (χ4v) is 4.04. The zero-order chi connectivity index (χ0) is 20.6.